The third-order valence-electron chi connectivity index (χ3n) is 4.27. The van der Waals surface area contributed by atoms with E-state index in [9.17, 15) is 14.0 Å². The molecule has 1 aliphatic rings. The van der Waals surface area contributed by atoms with Gasteiger partial charge in [0.15, 0.2) is 0 Å². The zero-order valence-corrected chi connectivity index (χ0v) is 13.5. The fraction of sp³-hybridized carbons (Fsp3) is 0.263. The second-order valence-electron chi connectivity index (χ2n) is 5.98. The van der Waals surface area contributed by atoms with Gasteiger partial charge in [-0.15, -0.1) is 0 Å². The highest BCUT2D eigenvalue weighted by molar-refractivity contribution is 5.97. The Kier molecular flexibility index (Phi) is 4.60. The van der Waals surface area contributed by atoms with E-state index in [4.69, 9.17) is 0 Å². The van der Waals surface area contributed by atoms with E-state index in [2.05, 4.69) is 11.4 Å². The molecule has 124 valence electrons. The first-order valence-corrected chi connectivity index (χ1v) is 7.96. The summed E-state index contributed by atoms with van der Waals surface area (Å²) in [7, 11) is 0. The van der Waals surface area contributed by atoms with E-state index in [1.54, 1.807) is 11.8 Å². The van der Waals surface area contributed by atoms with E-state index in [0.29, 0.717) is 18.7 Å². The van der Waals surface area contributed by atoms with Crippen molar-refractivity contribution in [3.63, 3.8) is 0 Å². The molecule has 0 bridgehead atoms. The Labute approximate surface area is 140 Å². The molecule has 0 aliphatic carbocycles. The Bertz CT molecular complexity index is 758. The number of halogens is 1. The molecule has 24 heavy (non-hydrogen) atoms. The third-order valence-corrected chi connectivity index (χ3v) is 4.27. The Hall–Kier alpha value is -2.69. The first-order chi connectivity index (χ1) is 11.5. The molecule has 1 N–H and O–H groups in total. The molecule has 5 heteroatoms. The Morgan fingerprint density at radius 1 is 1.08 bits per heavy atom. The van der Waals surface area contributed by atoms with Crippen LogP contribution in [-0.2, 0) is 17.8 Å². The van der Waals surface area contributed by atoms with Gasteiger partial charge in [-0.25, -0.2) is 4.39 Å². The van der Waals surface area contributed by atoms with Crippen LogP contribution in [0.15, 0.2) is 48.5 Å². The highest BCUT2D eigenvalue weighted by atomic mass is 19.1. The van der Waals surface area contributed by atoms with Crippen molar-refractivity contribution in [2.45, 2.75) is 25.9 Å². The van der Waals surface area contributed by atoms with Gasteiger partial charge >= 0.3 is 0 Å². The topological polar surface area (TPSA) is 49.4 Å². The highest BCUT2D eigenvalue weighted by Crippen LogP contribution is 2.19. The standard InChI is InChI=1S/C19H19FN2O2/c1-13(21-18(23)15-6-8-17(20)9-7-15)19(24)22-11-10-14-4-2-3-5-16(14)12-22/h2-9,13H,10-12H2,1H3,(H,21,23)/t13-/m0/s1. The van der Waals surface area contributed by atoms with Crippen molar-refractivity contribution in [2.75, 3.05) is 6.54 Å². The van der Waals surface area contributed by atoms with Gasteiger partial charge < -0.3 is 10.2 Å². The number of hydrogen-bond donors (Lipinski definition) is 1. The maximum Gasteiger partial charge on any atom is 0.251 e. The van der Waals surface area contributed by atoms with Gasteiger partial charge in [-0.1, -0.05) is 24.3 Å². The van der Waals surface area contributed by atoms with Gasteiger partial charge in [-0.2, -0.15) is 0 Å². The quantitative estimate of drug-likeness (QED) is 0.942. The van der Waals surface area contributed by atoms with E-state index >= 15 is 0 Å². The van der Waals surface area contributed by atoms with E-state index in [1.165, 1.54) is 29.8 Å². The van der Waals surface area contributed by atoms with Crippen molar-refractivity contribution in [1.82, 2.24) is 10.2 Å². The van der Waals surface area contributed by atoms with Crippen molar-refractivity contribution in [2.24, 2.45) is 0 Å². The summed E-state index contributed by atoms with van der Waals surface area (Å²) >= 11 is 0. The largest absolute Gasteiger partial charge is 0.341 e. The van der Waals surface area contributed by atoms with Crippen LogP contribution in [0.3, 0.4) is 0 Å². The van der Waals surface area contributed by atoms with Crippen LogP contribution in [0.1, 0.15) is 28.4 Å². The lowest BCUT2D eigenvalue weighted by atomic mass is 9.99. The minimum absolute atomic E-state index is 0.111. The van der Waals surface area contributed by atoms with Gasteiger partial charge in [0, 0.05) is 18.7 Å². The van der Waals surface area contributed by atoms with Crippen molar-refractivity contribution in [3.8, 4) is 0 Å². The molecular weight excluding hydrogens is 307 g/mol. The summed E-state index contributed by atoms with van der Waals surface area (Å²) in [6, 6.07) is 12.7. The summed E-state index contributed by atoms with van der Waals surface area (Å²) in [6.45, 7) is 2.88. The number of carbonyl (C=O) groups is 2. The fourth-order valence-electron chi connectivity index (χ4n) is 2.90. The Morgan fingerprint density at radius 2 is 1.75 bits per heavy atom. The third kappa shape index (κ3) is 3.45. The monoisotopic (exact) mass is 326 g/mol. The second kappa shape index (κ2) is 6.83. The van der Waals surface area contributed by atoms with Gasteiger partial charge in [0.25, 0.3) is 5.91 Å². The average Bonchev–Trinajstić information content (AvgIpc) is 2.61. The molecule has 0 aromatic heterocycles. The summed E-state index contributed by atoms with van der Waals surface area (Å²) in [5, 5.41) is 2.68. The van der Waals surface area contributed by atoms with Crippen LogP contribution >= 0.6 is 0 Å². The van der Waals surface area contributed by atoms with Crippen LogP contribution in [-0.4, -0.2) is 29.3 Å². The SMILES string of the molecule is C[C@H](NC(=O)c1ccc(F)cc1)C(=O)N1CCc2ccccc2C1. The first-order valence-electron chi connectivity index (χ1n) is 7.96. The van der Waals surface area contributed by atoms with Crippen molar-refractivity contribution in [3.05, 3.63) is 71.0 Å². The number of benzene rings is 2. The van der Waals surface area contributed by atoms with Crippen LogP contribution in [0.4, 0.5) is 4.39 Å². The predicted molar refractivity (Wildman–Crippen MR) is 88.9 cm³/mol. The number of carbonyl (C=O) groups excluding carboxylic acids is 2. The Morgan fingerprint density at radius 3 is 2.46 bits per heavy atom. The minimum Gasteiger partial charge on any atom is -0.341 e. The summed E-state index contributed by atoms with van der Waals surface area (Å²) in [6.07, 6.45) is 0.820. The van der Waals surface area contributed by atoms with Crippen LogP contribution in [0.2, 0.25) is 0 Å². The molecule has 0 fully saturated rings. The summed E-state index contributed by atoms with van der Waals surface area (Å²) in [4.78, 5) is 26.5. The number of rotatable bonds is 3. The van der Waals surface area contributed by atoms with Crippen molar-refractivity contribution < 1.29 is 14.0 Å². The van der Waals surface area contributed by atoms with Gasteiger partial charge in [-0.05, 0) is 48.7 Å². The molecule has 0 saturated heterocycles. The molecule has 4 nitrogen and oxygen atoms in total. The van der Waals surface area contributed by atoms with E-state index in [-0.39, 0.29) is 11.8 Å². The zero-order chi connectivity index (χ0) is 17.1. The molecule has 2 amide bonds. The second-order valence-corrected chi connectivity index (χ2v) is 5.98. The molecule has 0 radical (unpaired) electrons. The van der Waals surface area contributed by atoms with Gasteiger partial charge in [-0.3, -0.25) is 9.59 Å². The maximum atomic E-state index is 12.9. The van der Waals surface area contributed by atoms with Gasteiger partial charge in [0.05, 0.1) is 0 Å². The predicted octanol–water partition coefficient (Wildman–Crippen LogP) is 2.53. The lowest BCUT2D eigenvalue weighted by Crippen LogP contribution is -2.48. The molecule has 0 saturated carbocycles. The number of amides is 2. The molecule has 1 aliphatic heterocycles. The van der Waals surface area contributed by atoms with Crippen molar-refractivity contribution >= 4 is 11.8 Å². The van der Waals surface area contributed by atoms with E-state index in [0.717, 1.165) is 12.0 Å². The molecule has 1 atom stereocenters. The van der Waals surface area contributed by atoms with E-state index in [1.807, 2.05) is 18.2 Å². The number of nitrogens with one attached hydrogen (secondary N) is 1. The normalized spacial score (nSPS) is 14.7. The molecule has 0 spiro atoms. The summed E-state index contributed by atoms with van der Waals surface area (Å²) < 4.78 is 12.9. The Balaban J connectivity index is 1.63. The molecule has 2 aromatic carbocycles. The lowest BCUT2D eigenvalue weighted by Gasteiger charge is -2.31. The molecule has 3 rings (SSSR count). The smallest absolute Gasteiger partial charge is 0.251 e. The number of nitrogens with zero attached hydrogens (tertiary/aromatic N) is 1. The molecule has 0 unspecified atom stereocenters. The number of hydrogen-bond acceptors (Lipinski definition) is 2. The van der Waals surface area contributed by atoms with Crippen molar-refractivity contribution in [1.29, 1.82) is 0 Å². The lowest BCUT2D eigenvalue weighted by molar-refractivity contribution is -0.133. The fourth-order valence-corrected chi connectivity index (χ4v) is 2.90. The van der Waals surface area contributed by atoms with Crippen LogP contribution < -0.4 is 5.32 Å². The zero-order valence-electron chi connectivity index (χ0n) is 13.5. The summed E-state index contributed by atoms with van der Waals surface area (Å²) in [5.74, 6) is -0.893. The van der Waals surface area contributed by atoms with Crippen LogP contribution in [0.5, 0.6) is 0 Å². The first kappa shape index (κ1) is 16.2. The average molecular weight is 326 g/mol. The molecule has 1 heterocycles. The minimum atomic E-state index is -0.632. The molecule has 2 aromatic rings. The van der Waals surface area contributed by atoms with Crippen LogP contribution in [0, 0.1) is 5.82 Å². The van der Waals surface area contributed by atoms with Gasteiger partial charge in [0.2, 0.25) is 5.91 Å². The van der Waals surface area contributed by atoms with Gasteiger partial charge in [0.1, 0.15) is 11.9 Å². The summed E-state index contributed by atoms with van der Waals surface area (Å²) in [5.41, 5.74) is 2.75. The maximum absolute atomic E-state index is 12.9. The molecular formula is C19H19FN2O2. The van der Waals surface area contributed by atoms with Crippen LogP contribution in [0.25, 0.3) is 0 Å². The number of fused-ring (bicyclic) bond motifs is 1. The highest BCUT2D eigenvalue weighted by Gasteiger charge is 2.25. The van der Waals surface area contributed by atoms with E-state index < -0.39 is 11.9 Å².